The Bertz CT molecular complexity index is 854. The van der Waals surface area contributed by atoms with Gasteiger partial charge >= 0.3 is 6.03 Å². The second-order valence-corrected chi connectivity index (χ2v) is 8.24. The van der Waals surface area contributed by atoms with E-state index in [1.165, 1.54) is 0 Å². The molecule has 1 unspecified atom stereocenters. The van der Waals surface area contributed by atoms with Crippen LogP contribution in [-0.2, 0) is 9.84 Å². The van der Waals surface area contributed by atoms with Crippen molar-refractivity contribution in [2.45, 2.75) is 23.7 Å². The minimum Gasteiger partial charge on any atom is -0.397 e. The molecular formula is C17H20ClN3O3S. The van der Waals surface area contributed by atoms with E-state index in [-0.39, 0.29) is 17.1 Å². The van der Waals surface area contributed by atoms with Crippen LogP contribution < -0.4 is 16.4 Å². The zero-order valence-corrected chi connectivity index (χ0v) is 15.3. The van der Waals surface area contributed by atoms with E-state index in [0.717, 1.165) is 10.5 Å². The molecule has 0 aliphatic heterocycles. The molecule has 2 amide bonds. The number of benzene rings is 2. The van der Waals surface area contributed by atoms with Crippen molar-refractivity contribution in [1.82, 2.24) is 0 Å². The van der Waals surface area contributed by atoms with E-state index < -0.39 is 21.4 Å². The van der Waals surface area contributed by atoms with Crippen LogP contribution in [0.3, 0.4) is 0 Å². The number of alkyl halides is 1. The van der Waals surface area contributed by atoms with Gasteiger partial charge in [0.1, 0.15) is 5.50 Å². The average molecular weight is 382 g/mol. The third-order valence-electron chi connectivity index (χ3n) is 3.72. The van der Waals surface area contributed by atoms with Crippen LogP contribution in [0.5, 0.6) is 0 Å². The number of sulfone groups is 1. The van der Waals surface area contributed by atoms with Gasteiger partial charge in [-0.2, -0.15) is 0 Å². The van der Waals surface area contributed by atoms with Gasteiger partial charge < -0.3 is 11.5 Å². The topological polar surface area (TPSA) is 106 Å². The van der Waals surface area contributed by atoms with Gasteiger partial charge in [-0.05, 0) is 37.6 Å². The van der Waals surface area contributed by atoms with E-state index in [1.54, 1.807) is 48.5 Å². The molecule has 0 saturated heterocycles. The summed E-state index contributed by atoms with van der Waals surface area (Å²) in [6.45, 7) is 1.88. The largest absolute Gasteiger partial charge is 0.397 e. The van der Waals surface area contributed by atoms with Crippen molar-refractivity contribution in [3.05, 3.63) is 54.1 Å². The number of nitrogens with two attached hydrogens (primary N) is 2. The van der Waals surface area contributed by atoms with Gasteiger partial charge in [-0.1, -0.05) is 41.4 Å². The highest BCUT2D eigenvalue weighted by atomic mass is 35.5. The molecule has 2 aromatic rings. The molecule has 0 spiro atoms. The number of carbonyl (C=O) groups excluding carboxylic acids is 1. The van der Waals surface area contributed by atoms with E-state index in [2.05, 4.69) is 0 Å². The first kappa shape index (κ1) is 19.1. The van der Waals surface area contributed by atoms with Crippen molar-refractivity contribution in [2.24, 2.45) is 5.73 Å². The molecule has 6 nitrogen and oxygen atoms in total. The smallest absolute Gasteiger partial charge is 0.320 e. The normalized spacial score (nSPS) is 12.6. The molecule has 2 aromatic carbocycles. The lowest BCUT2D eigenvalue weighted by Gasteiger charge is -2.27. The number of halogens is 1. The lowest BCUT2D eigenvalue weighted by molar-refractivity contribution is 0.253. The van der Waals surface area contributed by atoms with Crippen LogP contribution >= 0.6 is 11.6 Å². The zero-order valence-electron chi connectivity index (χ0n) is 13.7. The van der Waals surface area contributed by atoms with Crippen LogP contribution in [0.4, 0.5) is 16.2 Å². The van der Waals surface area contributed by atoms with Crippen LogP contribution in [-0.4, -0.2) is 25.7 Å². The fraction of sp³-hybridized carbons (Fsp3) is 0.235. The molecule has 0 heterocycles. The molecule has 0 aliphatic carbocycles. The molecule has 134 valence electrons. The standard InChI is InChI=1S/C17H20ClN3O3S/c1-12-6-8-13(9-7-12)25(23,24)11-10-16(18)21(17(20)22)15-5-3-2-4-14(15)19/h2-9,16H,10-11,19H2,1H3,(H2,20,22). The van der Waals surface area contributed by atoms with Crippen molar-refractivity contribution < 1.29 is 13.2 Å². The quantitative estimate of drug-likeness (QED) is 0.455. The Morgan fingerprint density at radius 3 is 2.32 bits per heavy atom. The molecule has 0 fully saturated rings. The summed E-state index contributed by atoms with van der Waals surface area (Å²) in [6.07, 6.45) is 0.00897. The Morgan fingerprint density at radius 1 is 1.16 bits per heavy atom. The molecule has 0 aromatic heterocycles. The predicted octanol–water partition coefficient (Wildman–Crippen LogP) is 2.89. The van der Waals surface area contributed by atoms with E-state index >= 15 is 0 Å². The number of aryl methyl sites for hydroxylation is 1. The number of primary amides is 1. The number of nitrogen functional groups attached to an aromatic ring is 1. The summed E-state index contributed by atoms with van der Waals surface area (Å²) in [5.41, 5.74) is 12.0. The summed E-state index contributed by atoms with van der Waals surface area (Å²) >= 11 is 6.27. The van der Waals surface area contributed by atoms with Gasteiger partial charge in [-0.3, -0.25) is 4.90 Å². The second kappa shape index (κ2) is 7.76. The fourth-order valence-corrected chi connectivity index (χ4v) is 4.12. The van der Waals surface area contributed by atoms with Gasteiger partial charge in [-0.25, -0.2) is 13.2 Å². The lowest BCUT2D eigenvalue weighted by atomic mass is 10.2. The number of urea groups is 1. The van der Waals surface area contributed by atoms with Gasteiger partial charge in [0, 0.05) is 0 Å². The van der Waals surface area contributed by atoms with Gasteiger partial charge in [0.2, 0.25) is 0 Å². The molecule has 8 heteroatoms. The maximum absolute atomic E-state index is 12.4. The first-order chi connectivity index (χ1) is 11.7. The van der Waals surface area contributed by atoms with Crippen LogP contribution in [0.25, 0.3) is 0 Å². The monoisotopic (exact) mass is 381 g/mol. The van der Waals surface area contributed by atoms with Gasteiger partial charge in [0.05, 0.1) is 22.0 Å². The molecule has 0 bridgehead atoms. The van der Waals surface area contributed by atoms with Crippen molar-refractivity contribution >= 4 is 38.8 Å². The molecule has 0 aliphatic rings. The number of hydrogen-bond acceptors (Lipinski definition) is 4. The highest BCUT2D eigenvalue weighted by Crippen LogP contribution is 2.27. The Kier molecular flexibility index (Phi) is 5.92. The van der Waals surface area contributed by atoms with Crippen LogP contribution in [0.1, 0.15) is 12.0 Å². The van der Waals surface area contributed by atoms with Crippen molar-refractivity contribution in [1.29, 1.82) is 0 Å². The maximum Gasteiger partial charge on any atom is 0.320 e. The number of hydrogen-bond donors (Lipinski definition) is 2. The summed E-state index contributed by atoms with van der Waals surface area (Å²) < 4.78 is 24.9. The van der Waals surface area contributed by atoms with E-state index in [0.29, 0.717) is 11.4 Å². The van der Waals surface area contributed by atoms with Gasteiger partial charge in [-0.15, -0.1) is 0 Å². The number of anilines is 2. The molecule has 2 rings (SSSR count). The first-order valence-corrected chi connectivity index (χ1v) is 9.68. The average Bonchev–Trinajstić information content (AvgIpc) is 2.55. The Morgan fingerprint density at radius 2 is 1.76 bits per heavy atom. The summed E-state index contributed by atoms with van der Waals surface area (Å²) in [4.78, 5) is 13.1. The maximum atomic E-state index is 12.4. The van der Waals surface area contributed by atoms with Crippen molar-refractivity contribution in [2.75, 3.05) is 16.4 Å². The minimum absolute atomic E-state index is 0.00897. The molecule has 0 saturated carbocycles. The minimum atomic E-state index is -3.52. The number of nitrogens with zero attached hydrogens (tertiary/aromatic N) is 1. The molecular weight excluding hydrogens is 362 g/mol. The molecule has 1 atom stereocenters. The number of carbonyl (C=O) groups is 1. The third-order valence-corrected chi connectivity index (χ3v) is 5.90. The summed E-state index contributed by atoms with van der Waals surface area (Å²) in [7, 11) is -3.52. The number of amides is 2. The first-order valence-electron chi connectivity index (χ1n) is 7.59. The summed E-state index contributed by atoms with van der Waals surface area (Å²) in [5, 5.41) is 0. The van der Waals surface area contributed by atoms with Crippen LogP contribution in [0, 0.1) is 6.92 Å². The molecule has 0 radical (unpaired) electrons. The molecule has 4 N–H and O–H groups in total. The highest BCUT2D eigenvalue weighted by molar-refractivity contribution is 7.91. The van der Waals surface area contributed by atoms with Crippen LogP contribution in [0.15, 0.2) is 53.4 Å². The van der Waals surface area contributed by atoms with Crippen molar-refractivity contribution in [3.63, 3.8) is 0 Å². The van der Waals surface area contributed by atoms with E-state index in [1.807, 2.05) is 6.92 Å². The Labute approximate surface area is 152 Å². The van der Waals surface area contributed by atoms with E-state index in [4.69, 9.17) is 23.1 Å². The zero-order chi connectivity index (χ0) is 18.6. The highest BCUT2D eigenvalue weighted by Gasteiger charge is 2.25. The van der Waals surface area contributed by atoms with Gasteiger partial charge in [0.15, 0.2) is 9.84 Å². The van der Waals surface area contributed by atoms with E-state index in [9.17, 15) is 13.2 Å². The Balaban J connectivity index is 2.16. The van der Waals surface area contributed by atoms with Gasteiger partial charge in [0.25, 0.3) is 0 Å². The van der Waals surface area contributed by atoms with Crippen molar-refractivity contribution in [3.8, 4) is 0 Å². The second-order valence-electron chi connectivity index (χ2n) is 5.62. The lowest BCUT2D eigenvalue weighted by Crippen LogP contribution is -2.42. The Hall–Kier alpha value is -2.25. The predicted molar refractivity (Wildman–Crippen MR) is 100 cm³/mol. The summed E-state index contributed by atoms with van der Waals surface area (Å²) in [6, 6.07) is 12.4. The SMILES string of the molecule is Cc1ccc(S(=O)(=O)CCC(Cl)N(C(N)=O)c2ccccc2N)cc1. The molecule has 25 heavy (non-hydrogen) atoms. The number of para-hydroxylation sites is 2. The number of rotatable bonds is 6. The van der Waals surface area contributed by atoms with Crippen LogP contribution in [0.2, 0.25) is 0 Å². The fourth-order valence-electron chi connectivity index (χ4n) is 2.36. The third kappa shape index (κ3) is 4.64. The summed E-state index contributed by atoms with van der Waals surface area (Å²) in [5.74, 6) is -0.221.